The van der Waals surface area contributed by atoms with E-state index < -0.39 is 282 Å². The first-order valence-corrected chi connectivity index (χ1v) is 52.9. The minimum Gasteiger partial charge on any atom is -0.508 e. The summed E-state index contributed by atoms with van der Waals surface area (Å²) < 4.78 is -0.983. The van der Waals surface area contributed by atoms with Crippen LogP contribution in [0.2, 0.25) is 0 Å². The Morgan fingerprint density at radius 2 is 0.888 bits per heavy atom. The Morgan fingerprint density at radius 1 is 0.469 bits per heavy atom. The van der Waals surface area contributed by atoms with Crippen LogP contribution in [-0.4, -0.2) is 290 Å². The molecule has 143 heavy (non-hydrogen) atoms. The Labute approximate surface area is 846 Å². The molecule has 1 aliphatic carbocycles. The number of nitrogens with zero attached hydrogens (tertiary/aromatic N) is 3. The number of phenols is 1. The maximum Gasteiger partial charge on any atom is 0.246 e. The zero-order chi connectivity index (χ0) is 106. The third-order valence-corrected chi connectivity index (χ3v) is 30.8. The second kappa shape index (κ2) is 59.7. The van der Waals surface area contributed by atoms with E-state index in [0.29, 0.717) is 43.2 Å². The van der Waals surface area contributed by atoms with E-state index in [1.807, 2.05) is 0 Å². The van der Waals surface area contributed by atoms with Crippen molar-refractivity contribution in [3.8, 4) is 5.75 Å². The smallest absolute Gasteiger partial charge is 0.246 e. The SMILES string of the molecule is CC[C@@H](C)[C@H]1NC(=O)CC2(CCCCC2)SSC[C@@H](C(=O)N2CCC[C@@H]2C(=O)N[C@@H](CC(C)C)C(=O)NCC(N)=O)NC(=O)[C@H](CC(N)=O)NC(=O)[C@H](CCC(N)=O)NC(=O)[C@H]([C@@H](C)CC)NC(=O)[C@H](Cc2ccc(O)cc2)NC(=O)[C@@H](N)CSSC[C@H](C(=O)N2CCC[C@@H]2C(=O)N[C@H](CCCN=C(N)N)C(=O)NCC(N)=O)NC(=O)[C@@H](CC(N)=O)NC(=O)[C@@H]([C@H](C)CC)NC(=O)[C@@H](Cc2ccccc2)NC1=O. The average Bonchev–Trinajstić information content (AvgIpc) is 1.52. The molecule has 6 rings (SSSR count). The lowest BCUT2D eigenvalue weighted by atomic mass is 9.85. The summed E-state index contributed by atoms with van der Waals surface area (Å²) in [5.74, 6) is -24.2. The molecule has 21 amide bonds. The van der Waals surface area contributed by atoms with Gasteiger partial charge in [-0.05, 0) is 111 Å². The van der Waals surface area contributed by atoms with Crippen molar-refractivity contribution in [1.82, 2.24) is 84.2 Å². The number of nitrogens with one attached hydrogen (secondary N) is 14. The van der Waals surface area contributed by atoms with Crippen molar-refractivity contribution < 1.29 is 106 Å². The minimum absolute atomic E-state index is 0.00137. The predicted molar refractivity (Wildman–Crippen MR) is 536 cm³/mol. The molecule has 3 saturated heterocycles. The molecule has 47 nitrogen and oxygen atoms in total. The molecule has 1 spiro atoms. The van der Waals surface area contributed by atoms with Gasteiger partial charge in [-0.3, -0.25) is 106 Å². The van der Waals surface area contributed by atoms with Crippen molar-refractivity contribution in [2.45, 2.75) is 292 Å². The summed E-state index contributed by atoms with van der Waals surface area (Å²) in [6.45, 7) is 12.2. The Bertz CT molecular complexity index is 4810. The third-order valence-electron chi connectivity index (χ3n) is 25.0. The first-order chi connectivity index (χ1) is 67.7. The fourth-order valence-electron chi connectivity index (χ4n) is 16.5. The molecule has 51 heteroatoms. The summed E-state index contributed by atoms with van der Waals surface area (Å²) in [5.41, 5.74) is 46.5. The van der Waals surface area contributed by atoms with Crippen LogP contribution in [0.1, 0.15) is 195 Å². The van der Waals surface area contributed by atoms with Gasteiger partial charge in [0.15, 0.2) is 5.96 Å². The van der Waals surface area contributed by atoms with Crippen molar-refractivity contribution in [3.63, 3.8) is 0 Å². The normalized spacial score (nSPS) is 24.4. The highest BCUT2D eigenvalue weighted by atomic mass is 33.1. The van der Waals surface area contributed by atoms with E-state index in [0.717, 1.165) is 43.7 Å². The number of guanidine groups is 1. The maximum absolute atomic E-state index is 15.6. The Balaban J connectivity index is 1.49. The standard InChI is InChI=1S/C92H143N25O22S4/c1-9-49(6)73-86(135)109-60(38-52-21-14-12-15-22-52)83(132)115-75(51(8)11-3)88(137)110-62(41-69(96)121)81(130)111-63(89(138)116-35-19-24-65(116)84(133)104-56(23-18-34-101-91(99)100)77(126)102-43-70(97)122)46-141-140-45-55(93)76(125)106-59(39-53-26-28-54(118)29-27-53)82(131)114-74(50(7)10-2)87(136)105-57(30-31-67(94)119)79(128)107-61(40-68(95)120)80(129)112-64(47-142-143-92(42-72(124)113-73)32-16-13-17-33-92)90(139)117-36-20-25-66(117)85(134)108-58(37-48(4)5)78(127)103-44-71(98)123/h12,14-15,21-22,26-29,48-51,55-66,73-75,118H,9-11,13,16-20,23-25,30-47,93H2,1-8H3,(H2,94,119)(H2,95,120)(H2,96,121)(H2,97,122)(H2,98,123)(H,102,126)(H,103,127)(H,104,133)(H,105,136)(H,106,125)(H,107,128)(H,108,134)(H,109,135)(H,110,137)(H,111,130)(H,112,129)(H,113,124)(H,114,131)(H,115,132)(H4,99,100,101)/t49-,50+,51-,55+,56-,57+,58+,59+,60-,61+,62-,63-,64+,65-,66-,73-,74+,75-/m1/s1. The Kier molecular flexibility index (Phi) is 49.9. The number of carbonyl (C=O) groups excluding carboxylic acids is 21. The number of hydrogen-bond acceptors (Lipinski definition) is 28. The summed E-state index contributed by atoms with van der Waals surface area (Å²) >= 11 is 0. The van der Waals surface area contributed by atoms with Gasteiger partial charge >= 0.3 is 0 Å². The van der Waals surface area contributed by atoms with Crippen molar-refractivity contribution >= 4 is 173 Å². The molecule has 3 heterocycles. The van der Waals surface area contributed by atoms with Crippen molar-refractivity contribution in [2.24, 2.45) is 74.5 Å². The molecule has 2 aromatic carbocycles. The van der Waals surface area contributed by atoms with Crippen LogP contribution in [0.25, 0.3) is 0 Å². The second-order valence-electron chi connectivity index (χ2n) is 36.9. The predicted octanol–water partition coefficient (Wildman–Crippen LogP) is -4.37. The zero-order valence-corrected chi connectivity index (χ0v) is 85.3. The lowest BCUT2D eigenvalue weighted by Crippen LogP contribution is -2.62. The summed E-state index contributed by atoms with van der Waals surface area (Å²) in [7, 11) is 3.96. The van der Waals surface area contributed by atoms with Crippen LogP contribution in [0.3, 0.4) is 0 Å². The van der Waals surface area contributed by atoms with Crippen LogP contribution >= 0.6 is 43.2 Å². The summed E-state index contributed by atoms with van der Waals surface area (Å²) in [6, 6.07) is -9.65. The fourth-order valence-corrected chi connectivity index (χ4v) is 22.2. The molecule has 4 fully saturated rings. The van der Waals surface area contributed by atoms with Crippen LogP contribution in [0, 0.1) is 23.7 Å². The van der Waals surface area contributed by atoms with E-state index in [-0.39, 0.29) is 126 Å². The molecule has 18 atom stereocenters. The number of likely N-dealkylation sites (tertiary alicyclic amines) is 2. The first-order valence-electron chi connectivity index (χ1n) is 48.1. The summed E-state index contributed by atoms with van der Waals surface area (Å²) in [6.07, 6.45) is -0.0158. The number of amides is 21. The molecule has 1 saturated carbocycles. The molecule has 0 unspecified atom stereocenters. The second-order valence-corrected chi connectivity index (χ2v) is 42.3. The molecule has 0 aromatic heterocycles. The highest BCUT2D eigenvalue weighted by Gasteiger charge is 2.46. The van der Waals surface area contributed by atoms with E-state index in [2.05, 4.69) is 79.4 Å². The van der Waals surface area contributed by atoms with Gasteiger partial charge in [-0.15, -0.1) is 0 Å². The molecule has 0 bridgehead atoms. The number of primary amides is 5. The van der Waals surface area contributed by atoms with Gasteiger partial charge in [0, 0.05) is 67.3 Å². The molecule has 4 aliphatic rings. The van der Waals surface area contributed by atoms with Crippen LogP contribution in [0.15, 0.2) is 59.6 Å². The molecule has 3 aliphatic heterocycles. The quantitative estimate of drug-likeness (QED) is 0.0134. The van der Waals surface area contributed by atoms with E-state index in [9.17, 15) is 53.1 Å². The highest BCUT2D eigenvalue weighted by Crippen LogP contribution is 2.49. The third kappa shape index (κ3) is 39.8. The van der Waals surface area contributed by atoms with Gasteiger partial charge in [0.25, 0.3) is 0 Å². The van der Waals surface area contributed by atoms with Crippen LogP contribution in [-0.2, 0) is 114 Å². The van der Waals surface area contributed by atoms with Gasteiger partial charge in [-0.25, -0.2) is 0 Å². The van der Waals surface area contributed by atoms with Crippen LogP contribution in [0.5, 0.6) is 5.75 Å². The highest BCUT2D eigenvalue weighted by molar-refractivity contribution is 8.77. The van der Waals surface area contributed by atoms with E-state index in [4.69, 9.17) is 45.9 Å². The number of benzene rings is 2. The Hall–Kier alpha value is -12.3. The van der Waals surface area contributed by atoms with Gasteiger partial charge < -0.3 is 135 Å². The number of nitrogens with two attached hydrogens (primary N) is 8. The van der Waals surface area contributed by atoms with E-state index in [1.54, 1.807) is 85.7 Å². The van der Waals surface area contributed by atoms with E-state index in [1.165, 1.54) is 40.0 Å². The number of aliphatic imine (C=N–C) groups is 1. The van der Waals surface area contributed by atoms with Crippen molar-refractivity contribution in [3.05, 3.63) is 65.7 Å². The summed E-state index contributed by atoms with van der Waals surface area (Å²) in [4.78, 5) is 307. The number of rotatable bonds is 35. The lowest BCUT2D eigenvalue weighted by molar-refractivity contribution is -0.142. The topological polar surface area (TPSA) is 774 Å². The number of phenolic OH excluding ortho intramolecular Hbond substituents is 1. The molecular formula is C92H143N25O22S4. The minimum atomic E-state index is -1.99. The number of carbonyl (C=O) groups is 21. The summed E-state index contributed by atoms with van der Waals surface area (Å²) in [5, 5.41) is 47.0. The van der Waals surface area contributed by atoms with Gasteiger partial charge in [-0.2, -0.15) is 0 Å². The monoisotopic (exact) mass is 2080 g/mol. The number of hydrogen-bond donors (Lipinski definition) is 23. The fraction of sp³-hybridized carbons (Fsp3) is 0.630. The molecular weight excluding hydrogens is 1940 g/mol. The average molecular weight is 2080 g/mol. The maximum atomic E-state index is 15.6. The lowest BCUT2D eigenvalue weighted by Gasteiger charge is -2.37. The Morgan fingerprint density at radius 3 is 1.35 bits per heavy atom. The van der Waals surface area contributed by atoms with Crippen LogP contribution < -0.4 is 120 Å². The molecule has 0 radical (unpaired) electrons. The zero-order valence-electron chi connectivity index (χ0n) is 82.0. The van der Waals surface area contributed by atoms with Crippen molar-refractivity contribution in [2.75, 3.05) is 50.0 Å². The van der Waals surface area contributed by atoms with Gasteiger partial charge in [0.2, 0.25) is 124 Å². The first kappa shape index (κ1) is 119. The van der Waals surface area contributed by atoms with Crippen molar-refractivity contribution in [1.29, 1.82) is 0 Å². The van der Waals surface area contributed by atoms with Gasteiger partial charge in [0.05, 0.1) is 32.0 Å². The van der Waals surface area contributed by atoms with Gasteiger partial charge in [0.1, 0.15) is 90.3 Å². The van der Waals surface area contributed by atoms with Gasteiger partial charge in [-0.1, -0.05) is 180 Å². The number of aromatic hydroxyl groups is 1. The molecule has 2 aromatic rings. The molecule has 31 N–H and O–H groups in total. The van der Waals surface area contributed by atoms with E-state index >= 15 is 52.7 Å². The van der Waals surface area contributed by atoms with Crippen LogP contribution in [0.4, 0.5) is 0 Å². The largest absolute Gasteiger partial charge is 0.508 e. The molecule has 792 valence electrons.